The highest BCUT2D eigenvalue weighted by atomic mass is 35.5. The van der Waals surface area contributed by atoms with Crippen LogP contribution >= 0.6 is 11.6 Å². The van der Waals surface area contributed by atoms with Crippen LogP contribution in [0.1, 0.15) is 23.2 Å². The Hall–Kier alpha value is -2.87. The van der Waals surface area contributed by atoms with Crippen molar-refractivity contribution < 1.29 is 9.59 Å². The van der Waals surface area contributed by atoms with Crippen LogP contribution in [-0.2, 0) is 18.9 Å². The normalized spacial score (nSPS) is 14.8. The summed E-state index contributed by atoms with van der Waals surface area (Å²) in [5.41, 5.74) is -0.435. The van der Waals surface area contributed by atoms with Crippen molar-refractivity contribution in [3.63, 3.8) is 0 Å². The van der Waals surface area contributed by atoms with E-state index in [2.05, 4.69) is 5.32 Å². The fourth-order valence-electron chi connectivity index (χ4n) is 3.20. The van der Waals surface area contributed by atoms with E-state index in [1.165, 1.54) is 24.7 Å². The number of hydrogen-bond donors (Lipinski definition) is 1. The average molecular weight is 405 g/mol. The molecule has 2 heterocycles. The van der Waals surface area contributed by atoms with Crippen molar-refractivity contribution in [1.82, 2.24) is 14.0 Å². The second-order valence-corrected chi connectivity index (χ2v) is 7.27. The highest BCUT2D eigenvalue weighted by Gasteiger charge is 2.28. The van der Waals surface area contributed by atoms with Gasteiger partial charge in [-0.1, -0.05) is 11.6 Å². The number of carbonyl (C=O) groups excluding carboxylic acids is 2. The molecule has 0 spiro atoms. The zero-order valence-corrected chi connectivity index (χ0v) is 16.4. The van der Waals surface area contributed by atoms with E-state index < -0.39 is 11.2 Å². The first-order valence-electron chi connectivity index (χ1n) is 8.90. The summed E-state index contributed by atoms with van der Waals surface area (Å²) in [5, 5.41) is 3.23. The van der Waals surface area contributed by atoms with Crippen LogP contribution < -0.4 is 16.6 Å². The van der Waals surface area contributed by atoms with E-state index in [-0.39, 0.29) is 23.6 Å². The summed E-state index contributed by atoms with van der Waals surface area (Å²) < 4.78 is 2.19. The number of amides is 2. The largest absolute Gasteiger partial charge is 0.339 e. The Morgan fingerprint density at radius 3 is 2.25 bits per heavy atom. The molecule has 0 saturated carbocycles. The lowest BCUT2D eigenvalue weighted by molar-refractivity contribution is -0.121. The molecule has 0 unspecified atom stereocenters. The molecular formula is C19H21ClN4O4. The van der Waals surface area contributed by atoms with E-state index in [9.17, 15) is 19.2 Å². The molecule has 2 aromatic rings. The lowest BCUT2D eigenvalue weighted by Gasteiger charge is -2.31. The molecule has 1 N–H and O–H groups in total. The molecule has 1 fully saturated rings. The number of rotatable bonds is 3. The van der Waals surface area contributed by atoms with Crippen LogP contribution in [0.2, 0.25) is 5.02 Å². The van der Waals surface area contributed by atoms with E-state index in [0.29, 0.717) is 36.5 Å². The molecule has 1 aliphatic heterocycles. The topological polar surface area (TPSA) is 93.4 Å². The fourth-order valence-corrected chi connectivity index (χ4v) is 3.33. The molecule has 0 radical (unpaired) electrons. The van der Waals surface area contributed by atoms with Gasteiger partial charge in [-0.15, -0.1) is 0 Å². The zero-order chi connectivity index (χ0) is 20.4. The Morgan fingerprint density at radius 2 is 1.64 bits per heavy atom. The van der Waals surface area contributed by atoms with Gasteiger partial charge in [-0.2, -0.15) is 0 Å². The van der Waals surface area contributed by atoms with Gasteiger partial charge in [0, 0.05) is 49.8 Å². The molecule has 0 aliphatic carbocycles. The number of carbonyl (C=O) groups is 2. The molecule has 1 aromatic carbocycles. The first kappa shape index (κ1) is 19.9. The number of aromatic nitrogens is 2. The van der Waals surface area contributed by atoms with Crippen LogP contribution in [0.4, 0.5) is 5.82 Å². The fraction of sp³-hybridized carbons (Fsp3) is 0.368. The number of nitrogens with zero attached hydrogens (tertiary/aromatic N) is 3. The number of likely N-dealkylation sites (tertiary alicyclic amines) is 1. The number of benzene rings is 1. The average Bonchev–Trinajstić information content (AvgIpc) is 2.70. The standard InChI is InChI=1S/C19H21ClN4O4/c1-22-15(11-16(25)23(2)19(22)28)21-17(26)12-7-9-24(10-8-12)18(27)13-3-5-14(20)6-4-13/h3-6,11-12H,7-10H2,1-2H3,(H,21,26). The van der Waals surface area contributed by atoms with Crippen molar-refractivity contribution in [2.75, 3.05) is 18.4 Å². The van der Waals surface area contributed by atoms with E-state index in [1.807, 2.05) is 0 Å². The second-order valence-electron chi connectivity index (χ2n) is 6.83. The summed E-state index contributed by atoms with van der Waals surface area (Å²) in [7, 11) is 2.87. The molecule has 1 aromatic heterocycles. The van der Waals surface area contributed by atoms with Crippen molar-refractivity contribution in [1.29, 1.82) is 0 Å². The zero-order valence-electron chi connectivity index (χ0n) is 15.6. The van der Waals surface area contributed by atoms with E-state index in [4.69, 9.17) is 11.6 Å². The maximum Gasteiger partial charge on any atom is 0.332 e. The third kappa shape index (κ3) is 4.01. The van der Waals surface area contributed by atoms with Crippen molar-refractivity contribution in [3.8, 4) is 0 Å². The molecule has 8 nitrogen and oxygen atoms in total. The van der Waals surface area contributed by atoms with Gasteiger partial charge in [0.1, 0.15) is 5.82 Å². The number of hydrogen-bond acceptors (Lipinski definition) is 4. The van der Waals surface area contributed by atoms with Gasteiger partial charge in [0.15, 0.2) is 0 Å². The third-order valence-corrected chi connectivity index (χ3v) is 5.27. The van der Waals surface area contributed by atoms with Crippen molar-refractivity contribution in [2.45, 2.75) is 12.8 Å². The predicted octanol–water partition coefficient (Wildman–Crippen LogP) is 1.23. The third-order valence-electron chi connectivity index (χ3n) is 5.02. The molecule has 1 aliphatic rings. The van der Waals surface area contributed by atoms with E-state index >= 15 is 0 Å². The van der Waals surface area contributed by atoms with Gasteiger partial charge in [-0.05, 0) is 37.1 Å². The first-order valence-corrected chi connectivity index (χ1v) is 9.28. The van der Waals surface area contributed by atoms with Crippen molar-refractivity contribution >= 4 is 29.2 Å². The smallest absolute Gasteiger partial charge is 0.332 e. The maximum atomic E-state index is 12.6. The Bertz CT molecular complexity index is 1020. The molecular weight excluding hydrogens is 384 g/mol. The minimum Gasteiger partial charge on any atom is -0.339 e. The summed E-state index contributed by atoms with van der Waals surface area (Å²) >= 11 is 5.85. The minimum atomic E-state index is -0.508. The summed E-state index contributed by atoms with van der Waals surface area (Å²) in [6.07, 6.45) is 1.01. The van der Waals surface area contributed by atoms with Crippen molar-refractivity contribution in [2.24, 2.45) is 20.0 Å². The van der Waals surface area contributed by atoms with Crippen LogP contribution in [-0.4, -0.2) is 38.9 Å². The molecule has 2 amide bonds. The molecule has 1 saturated heterocycles. The van der Waals surface area contributed by atoms with Crippen LogP contribution in [0.5, 0.6) is 0 Å². The monoisotopic (exact) mass is 404 g/mol. The summed E-state index contributed by atoms with van der Waals surface area (Å²) in [5.74, 6) is -0.488. The highest BCUT2D eigenvalue weighted by Crippen LogP contribution is 2.21. The molecule has 3 rings (SSSR count). The quantitative estimate of drug-likeness (QED) is 0.832. The number of halogens is 1. The van der Waals surface area contributed by atoms with E-state index in [1.54, 1.807) is 29.2 Å². The lowest BCUT2D eigenvalue weighted by atomic mass is 9.95. The highest BCUT2D eigenvalue weighted by molar-refractivity contribution is 6.30. The second kappa shape index (κ2) is 8.02. The Morgan fingerprint density at radius 1 is 1.04 bits per heavy atom. The first-order chi connectivity index (χ1) is 13.3. The van der Waals surface area contributed by atoms with E-state index in [0.717, 1.165) is 4.57 Å². The van der Waals surface area contributed by atoms with Crippen LogP contribution in [0.25, 0.3) is 0 Å². The molecule has 148 valence electrons. The number of piperidine rings is 1. The number of nitrogens with one attached hydrogen (secondary N) is 1. The van der Waals surface area contributed by atoms with Gasteiger partial charge in [-0.3, -0.25) is 23.5 Å². The van der Waals surface area contributed by atoms with Gasteiger partial charge in [0.2, 0.25) is 5.91 Å². The molecule has 28 heavy (non-hydrogen) atoms. The number of anilines is 1. The molecule has 0 atom stereocenters. The SMILES string of the molecule is Cn1c(NC(=O)C2CCN(C(=O)c3ccc(Cl)cc3)CC2)cc(=O)n(C)c1=O. The van der Waals surface area contributed by atoms with Gasteiger partial charge < -0.3 is 10.2 Å². The van der Waals surface area contributed by atoms with Crippen LogP contribution in [0.15, 0.2) is 39.9 Å². The van der Waals surface area contributed by atoms with Gasteiger partial charge >= 0.3 is 5.69 Å². The molecule has 9 heteroatoms. The Kier molecular flexibility index (Phi) is 5.69. The van der Waals surface area contributed by atoms with Gasteiger partial charge in [-0.25, -0.2) is 4.79 Å². The maximum absolute atomic E-state index is 12.6. The summed E-state index contributed by atoms with van der Waals surface area (Å²) in [6, 6.07) is 7.92. The van der Waals surface area contributed by atoms with Gasteiger partial charge in [0.25, 0.3) is 11.5 Å². The van der Waals surface area contributed by atoms with Crippen LogP contribution in [0, 0.1) is 5.92 Å². The predicted molar refractivity (Wildman–Crippen MR) is 106 cm³/mol. The van der Waals surface area contributed by atoms with Gasteiger partial charge in [0.05, 0.1) is 0 Å². The molecule has 0 bridgehead atoms. The Labute approximate surface area is 166 Å². The Balaban J connectivity index is 1.63. The summed E-state index contributed by atoms with van der Waals surface area (Å²) in [4.78, 5) is 50.6. The lowest BCUT2D eigenvalue weighted by Crippen LogP contribution is -2.42. The summed E-state index contributed by atoms with van der Waals surface area (Å²) in [6.45, 7) is 0.907. The van der Waals surface area contributed by atoms with Crippen molar-refractivity contribution in [3.05, 3.63) is 61.8 Å². The van der Waals surface area contributed by atoms with Crippen LogP contribution in [0.3, 0.4) is 0 Å². The minimum absolute atomic E-state index is 0.0931.